The number of piperazine rings is 1. The van der Waals surface area contributed by atoms with Crippen LogP contribution < -0.4 is 10.1 Å². The fourth-order valence-electron chi connectivity index (χ4n) is 3.07. The van der Waals surface area contributed by atoms with Gasteiger partial charge in [0.05, 0.1) is 10.6 Å². The number of amides is 3. The summed E-state index contributed by atoms with van der Waals surface area (Å²) in [5, 5.41) is 2.96. The molecule has 1 fully saturated rings. The van der Waals surface area contributed by atoms with Gasteiger partial charge in [0, 0.05) is 38.3 Å². The summed E-state index contributed by atoms with van der Waals surface area (Å²) in [6.45, 7) is 1.12. The van der Waals surface area contributed by atoms with E-state index in [4.69, 9.17) is 11.6 Å². The number of hydrogen-bond acceptors (Lipinski definition) is 3. The third-order valence-electron chi connectivity index (χ3n) is 4.59. The average molecular weight is 442 g/mol. The Balaban J connectivity index is 1.53. The number of benzene rings is 2. The molecule has 2 aromatic rings. The molecule has 160 valence electrons. The summed E-state index contributed by atoms with van der Waals surface area (Å²) in [5.41, 5.74) is 0.606. The van der Waals surface area contributed by atoms with Crippen LogP contribution in [0.2, 0.25) is 5.02 Å². The minimum atomic E-state index is -4.81. The summed E-state index contributed by atoms with van der Waals surface area (Å²) in [5.74, 6) is -0.570. The fraction of sp³-hybridized carbons (Fsp3) is 0.300. The van der Waals surface area contributed by atoms with Crippen LogP contribution in [0.4, 0.5) is 18.0 Å². The summed E-state index contributed by atoms with van der Waals surface area (Å²) < 4.78 is 41.5. The van der Waals surface area contributed by atoms with Gasteiger partial charge >= 0.3 is 12.4 Å². The van der Waals surface area contributed by atoms with Gasteiger partial charge in [-0.1, -0.05) is 41.9 Å². The van der Waals surface area contributed by atoms with Crippen molar-refractivity contribution >= 4 is 23.5 Å². The lowest BCUT2D eigenvalue weighted by Crippen LogP contribution is -2.53. The molecule has 1 heterocycles. The summed E-state index contributed by atoms with van der Waals surface area (Å²) >= 11 is 6.07. The van der Waals surface area contributed by atoms with E-state index in [1.165, 1.54) is 23.1 Å². The zero-order valence-corrected chi connectivity index (χ0v) is 16.5. The molecule has 10 heteroatoms. The van der Waals surface area contributed by atoms with Crippen molar-refractivity contribution in [1.29, 1.82) is 0 Å². The molecular formula is C20H19ClF3N3O3. The quantitative estimate of drug-likeness (QED) is 0.782. The van der Waals surface area contributed by atoms with Crippen LogP contribution in [-0.4, -0.2) is 54.3 Å². The second-order valence-electron chi connectivity index (χ2n) is 6.57. The van der Waals surface area contributed by atoms with Crippen molar-refractivity contribution in [3.8, 4) is 5.75 Å². The van der Waals surface area contributed by atoms with E-state index in [1.807, 2.05) is 0 Å². The number of para-hydroxylation sites is 1. The lowest BCUT2D eigenvalue weighted by atomic mass is 10.2. The summed E-state index contributed by atoms with van der Waals surface area (Å²) in [6.07, 6.45) is -4.81. The molecule has 1 aliphatic heterocycles. The third kappa shape index (κ3) is 5.56. The highest BCUT2D eigenvalue weighted by atomic mass is 35.5. The second kappa shape index (κ2) is 9.25. The minimum absolute atomic E-state index is 0.121. The van der Waals surface area contributed by atoms with Crippen molar-refractivity contribution in [2.75, 3.05) is 26.2 Å². The lowest BCUT2D eigenvalue weighted by Gasteiger charge is -2.35. The Morgan fingerprint density at radius 2 is 1.57 bits per heavy atom. The molecule has 0 aromatic heterocycles. The highest BCUT2D eigenvalue weighted by Gasteiger charge is 2.32. The Morgan fingerprint density at radius 1 is 0.967 bits per heavy atom. The topological polar surface area (TPSA) is 61.9 Å². The van der Waals surface area contributed by atoms with Crippen molar-refractivity contribution < 1.29 is 27.5 Å². The smallest absolute Gasteiger partial charge is 0.405 e. The lowest BCUT2D eigenvalue weighted by molar-refractivity contribution is -0.274. The first-order chi connectivity index (χ1) is 14.2. The summed E-state index contributed by atoms with van der Waals surface area (Å²) in [4.78, 5) is 28.1. The van der Waals surface area contributed by atoms with Gasteiger partial charge in [-0.25, -0.2) is 4.79 Å². The van der Waals surface area contributed by atoms with Crippen LogP contribution in [0, 0.1) is 0 Å². The van der Waals surface area contributed by atoms with Gasteiger partial charge < -0.3 is 19.9 Å². The Bertz CT molecular complexity index is 915. The number of ether oxygens (including phenoxy) is 1. The monoisotopic (exact) mass is 441 g/mol. The van der Waals surface area contributed by atoms with E-state index < -0.39 is 12.4 Å². The largest absolute Gasteiger partial charge is 0.573 e. The van der Waals surface area contributed by atoms with Crippen LogP contribution in [0.1, 0.15) is 15.9 Å². The van der Waals surface area contributed by atoms with Crippen molar-refractivity contribution in [3.63, 3.8) is 0 Å². The Morgan fingerprint density at radius 3 is 2.23 bits per heavy atom. The number of urea groups is 1. The van der Waals surface area contributed by atoms with E-state index >= 15 is 0 Å². The van der Waals surface area contributed by atoms with Gasteiger partial charge in [0.15, 0.2) is 0 Å². The number of hydrogen-bond donors (Lipinski definition) is 1. The maximum absolute atomic E-state index is 12.6. The van der Waals surface area contributed by atoms with Crippen LogP contribution in [0.25, 0.3) is 0 Å². The molecule has 2 aromatic carbocycles. The molecule has 0 radical (unpaired) electrons. The molecule has 0 spiro atoms. The number of alkyl halides is 3. The zero-order chi connectivity index (χ0) is 21.7. The first-order valence-electron chi connectivity index (χ1n) is 9.15. The van der Waals surface area contributed by atoms with Gasteiger partial charge in [0.1, 0.15) is 5.75 Å². The minimum Gasteiger partial charge on any atom is -0.405 e. The van der Waals surface area contributed by atoms with E-state index in [0.717, 1.165) is 0 Å². The number of nitrogens with one attached hydrogen (secondary N) is 1. The highest BCUT2D eigenvalue weighted by molar-refractivity contribution is 6.33. The van der Waals surface area contributed by atoms with Gasteiger partial charge in [-0.2, -0.15) is 0 Å². The van der Waals surface area contributed by atoms with E-state index in [2.05, 4.69) is 10.1 Å². The van der Waals surface area contributed by atoms with Crippen molar-refractivity contribution in [1.82, 2.24) is 15.1 Å². The molecule has 3 amide bonds. The molecule has 0 saturated carbocycles. The zero-order valence-electron chi connectivity index (χ0n) is 15.8. The molecular weight excluding hydrogens is 423 g/mol. The van der Waals surface area contributed by atoms with Crippen LogP contribution in [0.15, 0.2) is 48.5 Å². The van der Waals surface area contributed by atoms with E-state index in [0.29, 0.717) is 36.8 Å². The van der Waals surface area contributed by atoms with Crippen LogP contribution >= 0.6 is 11.6 Å². The molecule has 0 bridgehead atoms. The Kier molecular flexibility index (Phi) is 6.71. The van der Waals surface area contributed by atoms with E-state index in [1.54, 1.807) is 35.2 Å². The third-order valence-corrected chi connectivity index (χ3v) is 4.92. The van der Waals surface area contributed by atoms with Crippen molar-refractivity contribution in [2.24, 2.45) is 0 Å². The normalized spacial score (nSPS) is 14.4. The van der Waals surface area contributed by atoms with Crippen molar-refractivity contribution in [2.45, 2.75) is 12.9 Å². The molecule has 1 N–H and O–H groups in total. The average Bonchev–Trinajstić information content (AvgIpc) is 2.72. The van der Waals surface area contributed by atoms with E-state index in [9.17, 15) is 22.8 Å². The number of carbonyl (C=O) groups excluding carboxylic acids is 2. The molecule has 0 unspecified atom stereocenters. The standard InChI is InChI=1S/C20H19ClF3N3O3/c21-16-7-3-2-6-15(16)18(28)26-9-11-27(12-10-26)19(29)25-13-14-5-1-4-8-17(14)30-20(22,23)24/h1-8H,9-13H2,(H,25,29). The molecule has 0 aliphatic carbocycles. The molecule has 1 aliphatic rings. The van der Waals surface area contributed by atoms with Gasteiger partial charge in [0.25, 0.3) is 5.91 Å². The molecule has 1 saturated heterocycles. The Hall–Kier alpha value is -2.94. The van der Waals surface area contributed by atoms with Gasteiger partial charge in [0.2, 0.25) is 0 Å². The SMILES string of the molecule is O=C(NCc1ccccc1OC(F)(F)F)N1CCN(C(=O)c2ccccc2Cl)CC1. The maximum atomic E-state index is 12.6. The van der Waals surface area contributed by atoms with Gasteiger partial charge in [-0.3, -0.25) is 4.79 Å². The maximum Gasteiger partial charge on any atom is 0.573 e. The first kappa shape index (κ1) is 21.8. The molecule has 6 nitrogen and oxygen atoms in total. The van der Waals surface area contributed by atoms with Gasteiger partial charge in [-0.05, 0) is 18.2 Å². The van der Waals surface area contributed by atoms with Crippen LogP contribution in [0.3, 0.4) is 0 Å². The Labute approximate surface area is 176 Å². The van der Waals surface area contributed by atoms with Crippen LogP contribution in [0.5, 0.6) is 5.75 Å². The van der Waals surface area contributed by atoms with Gasteiger partial charge in [-0.15, -0.1) is 13.2 Å². The van der Waals surface area contributed by atoms with Crippen LogP contribution in [-0.2, 0) is 6.54 Å². The van der Waals surface area contributed by atoms with E-state index in [-0.39, 0.29) is 23.8 Å². The number of carbonyl (C=O) groups is 2. The highest BCUT2D eigenvalue weighted by Crippen LogP contribution is 2.26. The number of rotatable bonds is 4. The number of nitrogens with zero attached hydrogens (tertiary/aromatic N) is 2. The molecule has 30 heavy (non-hydrogen) atoms. The summed E-state index contributed by atoms with van der Waals surface area (Å²) in [6, 6.07) is 11.9. The molecule has 3 rings (SSSR count). The second-order valence-corrected chi connectivity index (χ2v) is 6.98. The fourth-order valence-corrected chi connectivity index (χ4v) is 3.29. The first-order valence-corrected chi connectivity index (χ1v) is 9.52. The number of halogens is 4. The van der Waals surface area contributed by atoms with Crippen molar-refractivity contribution in [3.05, 3.63) is 64.7 Å². The molecule has 0 atom stereocenters. The predicted octanol–water partition coefficient (Wildman–Crippen LogP) is 3.91. The summed E-state index contributed by atoms with van der Waals surface area (Å²) in [7, 11) is 0. The predicted molar refractivity (Wildman–Crippen MR) is 104 cm³/mol.